The second kappa shape index (κ2) is 4.62. The van der Waals surface area contributed by atoms with Crippen molar-refractivity contribution in [2.45, 2.75) is 12.8 Å². The number of carbonyl (C=O) groups excluding carboxylic acids is 2. The molecule has 1 fully saturated rings. The predicted octanol–water partition coefficient (Wildman–Crippen LogP) is -0.0692. The molecule has 3 heterocycles. The third-order valence-corrected chi connectivity index (χ3v) is 3.41. The molecule has 1 aromatic heterocycles. The van der Waals surface area contributed by atoms with Gasteiger partial charge in [-0.25, -0.2) is 4.98 Å². The van der Waals surface area contributed by atoms with Gasteiger partial charge in [0.1, 0.15) is 18.2 Å². The highest BCUT2D eigenvalue weighted by Crippen LogP contribution is 2.28. The van der Waals surface area contributed by atoms with Gasteiger partial charge in [-0.1, -0.05) is 0 Å². The van der Waals surface area contributed by atoms with Crippen molar-refractivity contribution in [3.05, 3.63) is 17.8 Å². The number of nitrogens with zero attached hydrogens (tertiary/aromatic N) is 2. The fourth-order valence-electron chi connectivity index (χ4n) is 2.41. The van der Waals surface area contributed by atoms with Crippen molar-refractivity contribution in [1.29, 1.82) is 0 Å². The van der Waals surface area contributed by atoms with Crippen molar-refractivity contribution in [2.75, 3.05) is 24.7 Å². The number of carbonyl (C=O) groups is 2. The summed E-state index contributed by atoms with van der Waals surface area (Å²) in [4.78, 5) is 29.1. The molecule has 2 aliphatic heterocycles. The average molecular weight is 262 g/mol. The fourth-order valence-corrected chi connectivity index (χ4v) is 2.41. The molecular weight excluding hydrogens is 248 g/mol. The highest BCUT2D eigenvalue weighted by molar-refractivity contribution is 5.95. The maximum atomic E-state index is 11.9. The van der Waals surface area contributed by atoms with E-state index in [9.17, 15) is 9.59 Å². The van der Waals surface area contributed by atoms with E-state index >= 15 is 0 Å². The van der Waals surface area contributed by atoms with Crippen molar-refractivity contribution >= 4 is 17.5 Å². The topological polar surface area (TPSA) is 79.7 Å². The Bertz CT molecular complexity index is 543. The van der Waals surface area contributed by atoms with Crippen molar-refractivity contribution in [1.82, 2.24) is 4.98 Å². The molecule has 2 aliphatic rings. The number of hydrogen-bond acceptors (Lipinski definition) is 5. The second-order valence-corrected chi connectivity index (χ2v) is 4.88. The van der Waals surface area contributed by atoms with Gasteiger partial charge in [-0.2, -0.15) is 0 Å². The molecule has 0 aromatic carbocycles. The molecule has 6 nitrogen and oxygen atoms in total. The number of Topliss-reactive ketones (excluding diaryl/α,β-unsaturated/α-hetero) is 1. The Labute approximate surface area is 110 Å². The Morgan fingerprint density at radius 3 is 3.00 bits per heavy atom. The third kappa shape index (κ3) is 2.19. The minimum Gasteiger partial charge on any atom is -0.484 e. The number of fused-ring (bicyclic) bond motifs is 1. The fraction of sp³-hybridized carbons (Fsp3) is 0.462. The summed E-state index contributed by atoms with van der Waals surface area (Å²) in [6.07, 6.45) is 0.583. The highest BCUT2D eigenvalue weighted by Gasteiger charge is 2.31. The number of rotatable bonds is 2. The van der Waals surface area contributed by atoms with Gasteiger partial charge in [-0.05, 0) is 12.1 Å². The number of anilines is 1. The summed E-state index contributed by atoms with van der Waals surface area (Å²) in [7, 11) is 0. The Balaban J connectivity index is 1.88. The second-order valence-electron chi connectivity index (χ2n) is 4.88. The molecule has 1 atom stereocenters. The number of ether oxygens (including phenoxy) is 1. The SMILES string of the molecule is O=C1COc2ccc(N3C[C@@H](CO)CC3=O)nc2C1. The van der Waals surface area contributed by atoms with Gasteiger partial charge in [0.25, 0.3) is 0 Å². The van der Waals surface area contributed by atoms with Crippen molar-refractivity contribution in [3.8, 4) is 5.75 Å². The molecule has 1 N–H and O–H groups in total. The highest BCUT2D eigenvalue weighted by atomic mass is 16.5. The summed E-state index contributed by atoms with van der Waals surface area (Å²) >= 11 is 0. The molecule has 6 heteroatoms. The number of aliphatic hydroxyl groups excluding tert-OH is 1. The van der Waals surface area contributed by atoms with Gasteiger partial charge in [0.2, 0.25) is 5.91 Å². The first kappa shape index (κ1) is 12.1. The van der Waals surface area contributed by atoms with Gasteiger partial charge < -0.3 is 9.84 Å². The van der Waals surface area contributed by atoms with E-state index in [2.05, 4.69) is 4.98 Å². The summed E-state index contributed by atoms with van der Waals surface area (Å²) in [5.41, 5.74) is 0.578. The summed E-state index contributed by atoms with van der Waals surface area (Å²) in [6.45, 7) is 0.550. The molecule has 0 bridgehead atoms. The van der Waals surface area contributed by atoms with Crippen molar-refractivity contribution in [2.24, 2.45) is 5.92 Å². The van der Waals surface area contributed by atoms with Gasteiger partial charge >= 0.3 is 0 Å². The summed E-state index contributed by atoms with van der Waals surface area (Å²) in [5.74, 6) is 1.03. The van der Waals surface area contributed by atoms with E-state index in [-0.39, 0.29) is 37.2 Å². The smallest absolute Gasteiger partial charge is 0.228 e. The van der Waals surface area contributed by atoms with Crippen LogP contribution in [0.25, 0.3) is 0 Å². The monoisotopic (exact) mass is 262 g/mol. The minimum absolute atomic E-state index is 0.00518. The van der Waals surface area contributed by atoms with Crippen LogP contribution in [-0.4, -0.2) is 41.5 Å². The lowest BCUT2D eigenvalue weighted by molar-refractivity contribution is -0.121. The van der Waals surface area contributed by atoms with E-state index < -0.39 is 0 Å². The Morgan fingerprint density at radius 2 is 2.26 bits per heavy atom. The van der Waals surface area contributed by atoms with E-state index in [1.54, 1.807) is 17.0 Å². The quantitative estimate of drug-likeness (QED) is 0.807. The van der Waals surface area contributed by atoms with Gasteiger partial charge in [0, 0.05) is 25.5 Å². The first-order valence-corrected chi connectivity index (χ1v) is 6.23. The molecule has 19 heavy (non-hydrogen) atoms. The summed E-state index contributed by atoms with van der Waals surface area (Å²) in [6, 6.07) is 3.45. The number of ketones is 1. The molecular formula is C13H14N2O4. The van der Waals surface area contributed by atoms with Crippen LogP contribution in [-0.2, 0) is 16.0 Å². The molecule has 100 valence electrons. The molecule has 0 radical (unpaired) electrons. The van der Waals surface area contributed by atoms with Crippen LogP contribution in [0, 0.1) is 5.92 Å². The molecule has 0 aliphatic carbocycles. The van der Waals surface area contributed by atoms with Crippen LogP contribution in [0.3, 0.4) is 0 Å². The predicted molar refractivity (Wildman–Crippen MR) is 66.0 cm³/mol. The molecule has 0 spiro atoms. The van der Waals surface area contributed by atoms with Gasteiger partial charge in [-0.3, -0.25) is 14.5 Å². The van der Waals surface area contributed by atoms with E-state index in [4.69, 9.17) is 9.84 Å². The van der Waals surface area contributed by atoms with E-state index in [0.717, 1.165) is 0 Å². The van der Waals surface area contributed by atoms with Gasteiger partial charge in [0.15, 0.2) is 5.78 Å². The molecule has 0 unspecified atom stereocenters. The van der Waals surface area contributed by atoms with Crippen LogP contribution < -0.4 is 9.64 Å². The number of aromatic nitrogens is 1. The lowest BCUT2D eigenvalue weighted by atomic mass is 10.1. The molecule has 0 saturated carbocycles. The van der Waals surface area contributed by atoms with Crippen molar-refractivity contribution < 1.29 is 19.4 Å². The average Bonchev–Trinajstić information content (AvgIpc) is 2.79. The zero-order valence-electron chi connectivity index (χ0n) is 10.3. The standard InChI is InChI=1S/C13H14N2O4/c16-6-8-3-13(18)15(5-8)12-2-1-11-10(14-12)4-9(17)7-19-11/h1-2,8,16H,3-7H2/t8-/m0/s1. The number of pyridine rings is 1. The largest absolute Gasteiger partial charge is 0.484 e. The van der Waals surface area contributed by atoms with Gasteiger partial charge in [0.05, 0.1) is 12.1 Å². The molecule has 1 amide bonds. The minimum atomic E-state index is -0.0467. The van der Waals surface area contributed by atoms with E-state index in [0.29, 0.717) is 30.2 Å². The Hall–Kier alpha value is -1.95. The zero-order valence-corrected chi connectivity index (χ0v) is 10.3. The lowest BCUT2D eigenvalue weighted by Crippen LogP contribution is -2.27. The van der Waals surface area contributed by atoms with Gasteiger partial charge in [-0.15, -0.1) is 0 Å². The van der Waals surface area contributed by atoms with Crippen LogP contribution in [0.1, 0.15) is 12.1 Å². The van der Waals surface area contributed by atoms with E-state index in [1.165, 1.54) is 0 Å². The summed E-state index contributed by atoms with van der Waals surface area (Å²) in [5, 5.41) is 9.11. The van der Waals surface area contributed by atoms with E-state index in [1.807, 2.05) is 0 Å². The van der Waals surface area contributed by atoms with Crippen LogP contribution >= 0.6 is 0 Å². The van der Waals surface area contributed by atoms with Crippen LogP contribution in [0.5, 0.6) is 5.75 Å². The Kier molecular flexibility index (Phi) is 2.94. The Morgan fingerprint density at radius 1 is 1.42 bits per heavy atom. The number of aliphatic hydroxyl groups is 1. The molecule has 1 aromatic rings. The van der Waals surface area contributed by atoms with Crippen LogP contribution in [0.2, 0.25) is 0 Å². The normalized spacial score (nSPS) is 22.4. The lowest BCUT2D eigenvalue weighted by Gasteiger charge is -2.20. The maximum absolute atomic E-state index is 11.9. The first-order valence-electron chi connectivity index (χ1n) is 6.23. The zero-order chi connectivity index (χ0) is 13.4. The first-order chi connectivity index (χ1) is 9.17. The van der Waals surface area contributed by atoms with Crippen molar-refractivity contribution in [3.63, 3.8) is 0 Å². The van der Waals surface area contributed by atoms with Crippen LogP contribution in [0.4, 0.5) is 5.82 Å². The third-order valence-electron chi connectivity index (χ3n) is 3.41. The molecule has 1 saturated heterocycles. The maximum Gasteiger partial charge on any atom is 0.228 e. The number of hydrogen-bond donors (Lipinski definition) is 1. The summed E-state index contributed by atoms with van der Waals surface area (Å²) < 4.78 is 5.27. The number of amides is 1. The van der Waals surface area contributed by atoms with Crippen LogP contribution in [0.15, 0.2) is 12.1 Å². The molecule has 3 rings (SSSR count).